The number of ether oxygens (including phenoxy) is 1. The van der Waals surface area contributed by atoms with Gasteiger partial charge in [-0.25, -0.2) is 4.98 Å². The SMILES string of the molecule is CCCOc1ccc(C2c3c(oc4cc(C)c(C)cc4c3=O)C(=O)N2c2nc(C)c(C)s2)cc1. The summed E-state index contributed by atoms with van der Waals surface area (Å²) in [7, 11) is 0. The zero-order chi connectivity index (χ0) is 24.1. The van der Waals surface area contributed by atoms with Crippen LogP contribution >= 0.6 is 11.3 Å². The van der Waals surface area contributed by atoms with Gasteiger partial charge in [0.1, 0.15) is 11.3 Å². The van der Waals surface area contributed by atoms with E-state index in [2.05, 4.69) is 11.9 Å². The second-order valence-electron chi connectivity index (χ2n) is 8.74. The van der Waals surface area contributed by atoms with Gasteiger partial charge in [0.05, 0.1) is 29.3 Å². The summed E-state index contributed by atoms with van der Waals surface area (Å²) in [4.78, 5) is 34.7. The maximum Gasteiger partial charge on any atom is 0.297 e. The third-order valence-electron chi connectivity index (χ3n) is 6.38. The minimum Gasteiger partial charge on any atom is -0.494 e. The van der Waals surface area contributed by atoms with Crippen molar-refractivity contribution in [3.05, 3.63) is 85.2 Å². The highest BCUT2D eigenvalue weighted by atomic mass is 32.1. The van der Waals surface area contributed by atoms with E-state index in [1.165, 1.54) is 11.3 Å². The van der Waals surface area contributed by atoms with Gasteiger partial charge in [-0.15, -0.1) is 11.3 Å². The second-order valence-corrected chi connectivity index (χ2v) is 9.92. The van der Waals surface area contributed by atoms with Gasteiger partial charge in [0, 0.05) is 4.88 Å². The molecule has 0 N–H and O–H groups in total. The summed E-state index contributed by atoms with van der Waals surface area (Å²) in [5, 5.41) is 1.04. The van der Waals surface area contributed by atoms with Crippen molar-refractivity contribution < 1.29 is 13.9 Å². The van der Waals surface area contributed by atoms with E-state index in [0.717, 1.165) is 39.4 Å². The summed E-state index contributed by atoms with van der Waals surface area (Å²) in [6, 6.07) is 10.6. The highest BCUT2D eigenvalue weighted by Gasteiger charge is 2.45. The highest BCUT2D eigenvalue weighted by Crippen LogP contribution is 2.43. The van der Waals surface area contributed by atoms with Gasteiger partial charge in [0.15, 0.2) is 10.6 Å². The Morgan fingerprint density at radius 3 is 2.41 bits per heavy atom. The fourth-order valence-corrected chi connectivity index (χ4v) is 5.20. The van der Waals surface area contributed by atoms with E-state index in [9.17, 15) is 9.59 Å². The standard InChI is InChI=1S/C27H26N2O4S/c1-6-11-32-19-9-7-18(8-10-19)23-22-24(30)20-12-14(2)15(3)13-21(20)33-25(22)26(31)29(23)27-28-16(4)17(5)34-27/h7-10,12-13,23H,6,11H2,1-5H3. The van der Waals surface area contributed by atoms with Crippen LogP contribution in [0.5, 0.6) is 5.75 Å². The molecule has 1 amide bonds. The number of hydrogen-bond acceptors (Lipinski definition) is 6. The third kappa shape index (κ3) is 3.51. The summed E-state index contributed by atoms with van der Waals surface area (Å²) in [5.41, 5.74) is 4.27. The summed E-state index contributed by atoms with van der Waals surface area (Å²) >= 11 is 1.44. The van der Waals surface area contributed by atoms with Crippen LogP contribution in [0.1, 0.15) is 62.8 Å². The van der Waals surface area contributed by atoms with Gasteiger partial charge < -0.3 is 9.15 Å². The quantitative estimate of drug-likeness (QED) is 0.354. The van der Waals surface area contributed by atoms with E-state index in [0.29, 0.717) is 28.3 Å². The minimum atomic E-state index is -0.630. The number of benzene rings is 2. The normalized spacial score (nSPS) is 15.3. The number of thiazole rings is 1. The third-order valence-corrected chi connectivity index (χ3v) is 7.45. The van der Waals surface area contributed by atoms with Gasteiger partial charge in [0.25, 0.3) is 5.91 Å². The molecule has 2 aromatic heterocycles. The van der Waals surface area contributed by atoms with Gasteiger partial charge in [-0.05, 0) is 75.1 Å². The predicted molar refractivity (Wildman–Crippen MR) is 134 cm³/mol. The van der Waals surface area contributed by atoms with E-state index in [1.807, 2.05) is 64.1 Å². The maximum absolute atomic E-state index is 13.8. The van der Waals surface area contributed by atoms with Crippen LogP contribution in [-0.2, 0) is 0 Å². The number of amides is 1. The average molecular weight is 475 g/mol. The first-order valence-corrected chi connectivity index (χ1v) is 12.2. The number of carbonyl (C=O) groups is 1. The van der Waals surface area contributed by atoms with Crippen LogP contribution in [0.25, 0.3) is 11.0 Å². The number of aromatic nitrogens is 1. The first kappa shape index (κ1) is 22.3. The Kier molecular flexibility index (Phi) is 5.52. The number of carbonyl (C=O) groups excluding carboxylic acids is 1. The van der Waals surface area contributed by atoms with E-state index in [-0.39, 0.29) is 17.1 Å². The summed E-state index contributed by atoms with van der Waals surface area (Å²) < 4.78 is 11.8. The highest BCUT2D eigenvalue weighted by molar-refractivity contribution is 7.15. The van der Waals surface area contributed by atoms with Gasteiger partial charge in [-0.2, -0.15) is 0 Å². The fourth-order valence-electron chi connectivity index (χ4n) is 4.27. The molecule has 3 heterocycles. The average Bonchev–Trinajstić information content (AvgIpc) is 3.30. The van der Waals surface area contributed by atoms with E-state index in [4.69, 9.17) is 9.15 Å². The fraction of sp³-hybridized carbons (Fsp3) is 0.296. The van der Waals surface area contributed by atoms with Gasteiger partial charge >= 0.3 is 0 Å². The lowest BCUT2D eigenvalue weighted by Crippen LogP contribution is -2.29. The first-order chi connectivity index (χ1) is 16.3. The number of nitrogens with zero attached hydrogens (tertiary/aromatic N) is 2. The smallest absolute Gasteiger partial charge is 0.297 e. The summed E-state index contributed by atoms with van der Waals surface area (Å²) in [5.74, 6) is 0.485. The second kappa shape index (κ2) is 8.40. The van der Waals surface area contributed by atoms with Crippen LogP contribution in [0.3, 0.4) is 0 Å². The molecule has 5 rings (SSSR count). The van der Waals surface area contributed by atoms with Crippen molar-refractivity contribution in [2.75, 3.05) is 11.5 Å². The van der Waals surface area contributed by atoms with E-state index < -0.39 is 6.04 Å². The molecule has 0 aliphatic carbocycles. The number of hydrogen-bond donors (Lipinski definition) is 0. The van der Waals surface area contributed by atoms with Crippen molar-refractivity contribution in [3.63, 3.8) is 0 Å². The Balaban J connectivity index is 1.74. The van der Waals surface area contributed by atoms with E-state index in [1.54, 1.807) is 4.90 Å². The lowest BCUT2D eigenvalue weighted by molar-refractivity contribution is 0.0971. The first-order valence-electron chi connectivity index (χ1n) is 11.4. The molecular formula is C27H26N2O4S. The molecule has 7 heteroatoms. The number of rotatable bonds is 5. The topological polar surface area (TPSA) is 72.6 Å². The summed E-state index contributed by atoms with van der Waals surface area (Å²) in [6.45, 7) is 10.5. The molecule has 4 aromatic rings. The molecule has 0 radical (unpaired) electrons. The monoisotopic (exact) mass is 474 g/mol. The van der Waals surface area contributed by atoms with Crippen LogP contribution < -0.4 is 15.1 Å². The molecule has 0 saturated carbocycles. The number of anilines is 1. The lowest BCUT2D eigenvalue weighted by atomic mass is 9.97. The molecule has 1 atom stereocenters. The zero-order valence-corrected chi connectivity index (χ0v) is 20.7. The molecule has 1 aliphatic heterocycles. The van der Waals surface area contributed by atoms with Crippen molar-refractivity contribution in [2.45, 2.75) is 47.1 Å². The minimum absolute atomic E-state index is 0.0857. The van der Waals surface area contributed by atoms with Gasteiger partial charge in [0.2, 0.25) is 5.76 Å². The largest absolute Gasteiger partial charge is 0.494 e. The maximum atomic E-state index is 13.8. The Bertz CT molecular complexity index is 1460. The van der Waals surface area contributed by atoms with Crippen LogP contribution in [0, 0.1) is 27.7 Å². The van der Waals surface area contributed by atoms with Crippen molar-refractivity contribution in [3.8, 4) is 5.75 Å². The molecule has 0 bridgehead atoms. The van der Waals surface area contributed by atoms with E-state index >= 15 is 0 Å². The van der Waals surface area contributed by atoms with Crippen molar-refractivity contribution in [1.82, 2.24) is 4.98 Å². The molecule has 0 fully saturated rings. The molecule has 2 aromatic carbocycles. The Labute approximate surface area is 201 Å². The molecule has 1 unspecified atom stereocenters. The van der Waals surface area contributed by atoms with Crippen molar-refractivity contribution in [1.29, 1.82) is 0 Å². The Morgan fingerprint density at radius 2 is 1.76 bits per heavy atom. The van der Waals surface area contributed by atoms with Crippen molar-refractivity contribution >= 4 is 33.3 Å². The predicted octanol–water partition coefficient (Wildman–Crippen LogP) is 6.02. The van der Waals surface area contributed by atoms with Crippen LogP contribution in [-0.4, -0.2) is 17.5 Å². The number of aryl methyl sites for hydroxylation is 4. The number of fused-ring (bicyclic) bond motifs is 2. The van der Waals surface area contributed by atoms with Crippen LogP contribution in [0.15, 0.2) is 45.6 Å². The van der Waals surface area contributed by atoms with Gasteiger partial charge in [-0.1, -0.05) is 19.1 Å². The summed E-state index contributed by atoms with van der Waals surface area (Å²) in [6.07, 6.45) is 0.912. The zero-order valence-electron chi connectivity index (χ0n) is 19.9. The molecular weight excluding hydrogens is 448 g/mol. The van der Waals surface area contributed by atoms with Gasteiger partial charge in [-0.3, -0.25) is 14.5 Å². The van der Waals surface area contributed by atoms with Crippen LogP contribution in [0.4, 0.5) is 5.13 Å². The Morgan fingerprint density at radius 1 is 1.06 bits per heavy atom. The molecule has 0 spiro atoms. The Hall–Kier alpha value is -3.45. The van der Waals surface area contributed by atoms with Crippen molar-refractivity contribution in [2.24, 2.45) is 0 Å². The van der Waals surface area contributed by atoms with Crippen LogP contribution in [0.2, 0.25) is 0 Å². The molecule has 34 heavy (non-hydrogen) atoms. The molecule has 6 nitrogen and oxygen atoms in total. The lowest BCUT2D eigenvalue weighted by Gasteiger charge is -2.22. The molecule has 1 aliphatic rings. The molecule has 0 saturated heterocycles. The molecule has 174 valence electrons.